The fourth-order valence-electron chi connectivity index (χ4n) is 6.84. The highest BCUT2D eigenvalue weighted by Crippen LogP contribution is 2.36. The largest absolute Gasteiger partial charge is 0.462 e. The third kappa shape index (κ3) is 24.4. The Hall–Kier alpha value is -1.74. The van der Waals surface area contributed by atoms with Crippen LogP contribution in [-0.4, -0.2) is 70.0 Å². The van der Waals surface area contributed by atoms with E-state index in [1.165, 1.54) is 83.5 Å². The van der Waals surface area contributed by atoms with Gasteiger partial charge in [-0.15, -0.1) is 0 Å². The van der Waals surface area contributed by atoms with Crippen molar-refractivity contribution in [3.8, 4) is 0 Å². The average molecular weight is 709 g/mol. The van der Waals surface area contributed by atoms with E-state index in [-0.39, 0.29) is 30.8 Å². The van der Waals surface area contributed by atoms with Crippen LogP contribution in [0.1, 0.15) is 181 Å². The van der Waals surface area contributed by atoms with Gasteiger partial charge in [-0.3, -0.25) is 9.59 Å². The highest BCUT2D eigenvalue weighted by atomic mass is 16.6. The van der Waals surface area contributed by atoms with E-state index in [1.54, 1.807) is 6.08 Å². The van der Waals surface area contributed by atoms with Crippen LogP contribution in [0.15, 0.2) is 24.3 Å². The van der Waals surface area contributed by atoms with Crippen molar-refractivity contribution in [2.24, 2.45) is 11.8 Å². The van der Waals surface area contributed by atoms with E-state index in [1.807, 2.05) is 18.2 Å². The molecule has 6 atom stereocenters. The number of hydrogen-bond acceptors (Lipinski definition) is 8. The molecule has 0 aliphatic heterocycles. The minimum Gasteiger partial charge on any atom is -0.462 e. The fraction of sp³-hybridized carbons (Fsp3) is 0.857. The van der Waals surface area contributed by atoms with Crippen molar-refractivity contribution >= 4 is 11.9 Å². The maximum atomic E-state index is 12.3. The zero-order valence-electron chi connectivity index (χ0n) is 32.0. The summed E-state index contributed by atoms with van der Waals surface area (Å²) in [6, 6.07) is 0. The maximum absolute atomic E-state index is 12.3. The van der Waals surface area contributed by atoms with Gasteiger partial charge >= 0.3 is 11.9 Å². The number of aliphatic hydroxyl groups is 4. The van der Waals surface area contributed by atoms with Gasteiger partial charge in [0.15, 0.2) is 6.10 Å². The smallest absolute Gasteiger partial charge is 0.306 e. The highest BCUT2D eigenvalue weighted by molar-refractivity contribution is 5.70. The molecular formula is C42H76O8. The number of ether oxygens (including phenoxy) is 2. The van der Waals surface area contributed by atoms with Crippen molar-refractivity contribution in [1.82, 2.24) is 0 Å². The molecular weight excluding hydrogens is 632 g/mol. The molecule has 0 bridgehead atoms. The SMILES string of the molecule is CCCCCCCCCCCCCCCCCCC(=O)OC[C@H](CO)OC(=O)CCC/C=C/C[C@@H]1[C@@H](/C=C/[C@@H](O)CCCCC)[C@H](O)C[C@@H]1O. The summed E-state index contributed by atoms with van der Waals surface area (Å²) in [4.78, 5) is 24.4. The Morgan fingerprint density at radius 3 is 1.82 bits per heavy atom. The summed E-state index contributed by atoms with van der Waals surface area (Å²) in [6.45, 7) is 3.85. The quantitative estimate of drug-likeness (QED) is 0.0302. The Morgan fingerprint density at radius 2 is 1.24 bits per heavy atom. The fourth-order valence-corrected chi connectivity index (χ4v) is 6.84. The summed E-state index contributed by atoms with van der Waals surface area (Å²) in [7, 11) is 0. The molecule has 0 aromatic rings. The molecule has 0 heterocycles. The van der Waals surface area contributed by atoms with Gasteiger partial charge in [0.25, 0.3) is 0 Å². The van der Waals surface area contributed by atoms with Crippen LogP contribution in [0, 0.1) is 11.8 Å². The third-order valence-electron chi connectivity index (χ3n) is 10.1. The van der Waals surface area contributed by atoms with E-state index < -0.39 is 37.0 Å². The van der Waals surface area contributed by atoms with Gasteiger partial charge in [-0.1, -0.05) is 154 Å². The second-order valence-electron chi connectivity index (χ2n) is 14.7. The van der Waals surface area contributed by atoms with Gasteiger partial charge < -0.3 is 29.9 Å². The van der Waals surface area contributed by atoms with Crippen LogP contribution in [0.25, 0.3) is 0 Å². The molecule has 8 heteroatoms. The van der Waals surface area contributed by atoms with Gasteiger partial charge in [0.05, 0.1) is 24.9 Å². The van der Waals surface area contributed by atoms with Crippen LogP contribution in [0.4, 0.5) is 0 Å². The minimum atomic E-state index is -0.863. The van der Waals surface area contributed by atoms with Crippen molar-refractivity contribution < 1.29 is 39.5 Å². The summed E-state index contributed by atoms with van der Waals surface area (Å²) >= 11 is 0. The highest BCUT2D eigenvalue weighted by Gasteiger charge is 2.39. The van der Waals surface area contributed by atoms with E-state index in [0.717, 1.165) is 38.5 Å². The molecule has 8 nitrogen and oxygen atoms in total. The predicted octanol–water partition coefficient (Wildman–Crippen LogP) is 9.06. The van der Waals surface area contributed by atoms with E-state index in [4.69, 9.17) is 9.47 Å². The molecule has 1 rings (SSSR count). The molecule has 1 fully saturated rings. The predicted molar refractivity (Wildman–Crippen MR) is 203 cm³/mol. The second-order valence-corrected chi connectivity index (χ2v) is 14.7. The second kappa shape index (κ2) is 32.0. The lowest BCUT2D eigenvalue weighted by Crippen LogP contribution is -2.28. The molecule has 292 valence electrons. The molecule has 50 heavy (non-hydrogen) atoms. The lowest BCUT2D eigenvalue weighted by Gasteiger charge is -2.19. The van der Waals surface area contributed by atoms with Crippen molar-refractivity contribution in [2.75, 3.05) is 13.2 Å². The molecule has 0 saturated heterocycles. The molecule has 0 aromatic heterocycles. The van der Waals surface area contributed by atoms with Crippen LogP contribution < -0.4 is 0 Å². The number of carbonyl (C=O) groups is 2. The first kappa shape index (κ1) is 46.3. The normalized spacial score (nSPS) is 20.5. The minimum absolute atomic E-state index is 0.123. The number of hydrogen-bond donors (Lipinski definition) is 4. The van der Waals surface area contributed by atoms with E-state index in [2.05, 4.69) is 13.8 Å². The molecule has 4 N–H and O–H groups in total. The standard InChI is InChI=1S/C42H76O8/c1-3-5-7-8-9-10-11-12-13-14-15-16-17-18-19-24-28-41(47)49-34-36(33-43)50-42(48)29-25-21-20-23-27-37-38(40(46)32-39(37)45)31-30-35(44)26-22-6-4-2/h20,23,30-31,35-40,43-46H,3-19,21-22,24-29,32-34H2,1-2H3/b23-20+,31-30+/t35-,36-,37+,38+,39-,40+/m0/s1. The molecule has 0 aromatic carbocycles. The Kier molecular flexibility index (Phi) is 29.6. The van der Waals surface area contributed by atoms with Crippen molar-refractivity contribution in [1.29, 1.82) is 0 Å². The first-order valence-corrected chi connectivity index (χ1v) is 20.7. The maximum Gasteiger partial charge on any atom is 0.306 e. The summed E-state index contributed by atoms with van der Waals surface area (Å²) in [5.41, 5.74) is 0. The first-order chi connectivity index (χ1) is 24.3. The van der Waals surface area contributed by atoms with Crippen molar-refractivity contribution in [2.45, 2.75) is 205 Å². The summed E-state index contributed by atoms with van der Waals surface area (Å²) in [6.07, 6.45) is 31.9. The van der Waals surface area contributed by atoms with Gasteiger partial charge in [0.2, 0.25) is 0 Å². The monoisotopic (exact) mass is 709 g/mol. The molecule has 0 unspecified atom stereocenters. The zero-order valence-corrected chi connectivity index (χ0v) is 32.0. The van der Waals surface area contributed by atoms with Crippen molar-refractivity contribution in [3.05, 3.63) is 24.3 Å². The Balaban J connectivity index is 2.09. The molecule has 1 aliphatic rings. The summed E-state index contributed by atoms with van der Waals surface area (Å²) in [5.74, 6) is -1.09. The number of aliphatic hydroxyl groups excluding tert-OH is 4. The van der Waals surface area contributed by atoms with E-state index in [0.29, 0.717) is 38.5 Å². The van der Waals surface area contributed by atoms with Crippen LogP contribution in [0.5, 0.6) is 0 Å². The van der Waals surface area contributed by atoms with E-state index in [9.17, 15) is 30.0 Å². The van der Waals surface area contributed by atoms with Crippen molar-refractivity contribution in [3.63, 3.8) is 0 Å². The average Bonchev–Trinajstić information content (AvgIpc) is 3.37. The summed E-state index contributed by atoms with van der Waals surface area (Å²) in [5, 5.41) is 40.7. The number of esters is 2. The van der Waals surface area contributed by atoms with Crippen LogP contribution in [0.3, 0.4) is 0 Å². The molecule has 0 amide bonds. The topological polar surface area (TPSA) is 134 Å². The summed E-state index contributed by atoms with van der Waals surface area (Å²) < 4.78 is 10.6. The molecule has 1 aliphatic carbocycles. The Labute approximate surface area is 305 Å². The Morgan fingerprint density at radius 1 is 0.700 bits per heavy atom. The number of allylic oxidation sites excluding steroid dienone is 2. The molecule has 0 radical (unpaired) electrons. The molecule has 0 spiro atoms. The van der Waals surface area contributed by atoms with Gasteiger partial charge in [0.1, 0.15) is 6.61 Å². The van der Waals surface area contributed by atoms with Crippen LogP contribution >= 0.6 is 0 Å². The Bertz CT molecular complexity index is 874. The van der Waals surface area contributed by atoms with Gasteiger partial charge in [-0.05, 0) is 38.0 Å². The van der Waals surface area contributed by atoms with Gasteiger partial charge in [-0.2, -0.15) is 0 Å². The number of rotatable bonds is 33. The van der Waals surface area contributed by atoms with E-state index >= 15 is 0 Å². The molecule has 1 saturated carbocycles. The number of unbranched alkanes of at least 4 members (excludes halogenated alkanes) is 18. The first-order valence-electron chi connectivity index (χ1n) is 20.7. The lowest BCUT2D eigenvalue weighted by molar-refractivity contribution is -0.161. The number of carbonyl (C=O) groups excluding carboxylic acids is 2. The van der Waals surface area contributed by atoms with Crippen LogP contribution in [-0.2, 0) is 19.1 Å². The third-order valence-corrected chi connectivity index (χ3v) is 10.1. The lowest BCUT2D eigenvalue weighted by atomic mass is 9.89. The zero-order chi connectivity index (χ0) is 36.7. The van der Waals surface area contributed by atoms with Crippen LogP contribution in [0.2, 0.25) is 0 Å². The van der Waals surface area contributed by atoms with Gasteiger partial charge in [-0.25, -0.2) is 0 Å². The van der Waals surface area contributed by atoms with Gasteiger partial charge in [0, 0.05) is 25.2 Å².